The predicted octanol–water partition coefficient (Wildman–Crippen LogP) is 0.338. The van der Waals surface area contributed by atoms with Crippen LogP contribution in [0.5, 0.6) is 0 Å². The Labute approximate surface area is 185 Å². The second kappa shape index (κ2) is 9.17. The van der Waals surface area contributed by atoms with E-state index in [1.54, 1.807) is 4.57 Å². The second-order valence-corrected chi connectivity index (χ2v) is 8.34. The molecule has 0 radical (unpaired) electrons. The van der Waals surface area contributed by atoms with Gasteiger partial charge in [0.15, 0.2) is 23.2 Å². The molecule has 4 rings (SSSR count). The first-order valence-electron chi connectivity index (χ1n) is 10.4. The molecule has 2 aliphatic heterocycles. The quantitative estimate of drug-likeness (QED) is 0.433. The molecule has 2 aliphatic rings. The summed E-state index contributed by atoms with van der Waals surface area (Å²) in [5, 5.41) is 28.2. The zero-order chi connectivity index (χ0) is 22.0. The molecule has 5 atom stereocenters. The molecule has 11 nitrogen and oxygen atoms in total. The van der Waals surface area contributed by atoms with Crippen LogP contribution in [0.3, 0.4) is 0 Å². The van der Waals surface area contributed by atoms with Crippen LogP contribution in [0.2, 0.25) is 0 Å². The lowest BCUT2D eigenvalue weighted by molar-refractivity contribution is -0.0949. The summed E-state index contributed by atoms with van der Waals surface area (Å²) < 4.78 is 18.5. The van der Waals surface area contributed by atoms with Crippen molar-refractivity contribution in [1.82, 2.24) is 24.8 Å². The first-order valence-corrected chi connectivity index (χ1v) is 10.8. The molecule has 0 amide bonds. The van der Waals surface area contributed by atoms with E-state index in [9.17, 15) is 10.2 Å². The normalized spacial score (nSPS) is 30.6. The Morgan fingerprint density at radius 1 is 1.42 bits per heavy atom. The molecule has 4 N–H and O–H groups in total. The van der Waals surface area contributed by atoms with Crippen molar-refractivity contribution in [2.45, 2.75) is 56.8 Å². The van der Waals surface area contributed by atoms with Crippen LogP contribution in [0.4, 0.5) is 5.82 Å². The van der Waals surface area contributed by atoms with Gasteiger partial charge in [-0.05, 0) is 32.0 Å². The molecule has 0 spiro atoms. The number of fused-ring (bicyclic) bond motifs is 1. The van der Waals surface area contributed by atoms with Gasteiger partial charge in [-0.2, -0.15) is 0 Å². The van der Waals surface area contributed by atoms with E-state index in [2.05, 4.69) is 25.6 Å². The number of ether oxygens (including phenoxy) is 3. The largest absolute Gasteiger partial charge is 0.468 e. The van der Waals surface area contributed by atoms with Gasteiger partial charge in [0.2, 0.25) is 0 Å². The van der Waals surface area contributed by atoms with Gasteiger partial charge in [-0.3, -0.25) is 4.57 Å². The Bertz CT molecular complexity index is 918. The third kappa shape index (κ3) is 4.44. The Morgan fingerprint density at radius 3 is 3.00 bits per heavy atom. The average Bonchev–Trinajstić information content (AvgIpc) is 3.46. The van der Waals surface area contributed by atoms with Gasteiger partial charge >= 0.3 is 0 Å². The van der Waals surface area contributed by atoms with Crippen molar-refractivity contribution in [2.24, 2.45) is 0 Å². The molecule has 0 aromatic carbocycles. The highest BCUT2D eigenvalue weighted by molar-refractivity contribution is 7.80. The van der Waals surface area contributed by atoms with Crippen LogP contribution in [-0.2, 0) is 14.2 Å². The number of nitrogens with one attached hydrogen (secondary N) is 2. The molecule has 31 heavy (non-hydrogen) atoms. The van der Waals surface area contributed by atoms with Gasteiger partial charge in [0.1, 0.15) is 30.7 Å². The number of aromatic nitrogens is 4. The van der Waals surface area contributed by atoms with Crippen LogP contribution < -0.4 is 10.6 Å². The standard InChI is InChI=1S/C19H28N6O5S/c1-3-5-20-18(31)29-8-12-14(26)19(2,27)17(30-12)25-10-23-13-15(21-9-22-16(13)25)24-11-4-6-28-7-11/h9-12,14,17,26-27H,3-8H2,1-2H3,(H,20,31)(H,21,22,24)/t11-,12-,14-,17-,19-/m1/s1. The molecule has 0 saturated carbocycles. The maximum atomic E-state index is 11.0. The number of aliphatic hydroxyl groups is 2. The summed E-state index contributed by atoms with van der Waals surface area (Å²) in [6.45, 7) is 5.53. The summed E-state index contributed by atoms with van der Waals surface area (Å²) in [5.74, 6) is 0.588. The fourth-order valence-electron chi connectivity index (χ4n) is 3.78. The fourth-order valence-corrected chi connectivity index (χ4v) is 3.95. The van der Waals surface area contributed by atoms with Crippen LogP contribution in [0.25, 0.3) is 11.2 Å². The molecule has 0 unspecified atom stereocenters. The highest BCUT2D eigenvalue weighted by Crippen LogP contribution is 2.40. The highest BCUT2D eigenvalue weighted by atomic mass is 32.1. The first-order chi connectivity index (χ1) is 14.9. The molecule has 2 aromatic rings. The first kappa shape index (κ1) is 22.1. The summed E-state index contributed by atoms with van der Waals surface area (Å²) in [5.41, 5.74) is -0.568. The van der Waals surface area contributed by atoms with Crippen LogP contribution in [0.1, 0.15) is 32.9 Å². The van der Waals surface area contributed by atoms with E-state index in [1.165, 1.54) is 19.6 Å². The Morgan fingerprint density at radius 2 is 2.26 bits per heavy atom. The number of thiocarbonyl (C=S) groups is 1. The summed E-state index contributed by atoms with van der Waals surface area (Å²) in [6.07, 6.45) is 1.84. The number of rotatable bonds is 7. The zero-order valence-electron chi connectivity index (χ0n) is 17.5. The third-order valence-electron chi connectivity index (χ3n) is 5.53. The number of hydrogen-bond acceptors (Lipinski definition) is 10. The molecule has 0 bridgehead atoms. The molecule has 4 heterocycles. The number of nitrogens with zero attached hydrogens (tertiary/aromatic N) is 4. The minimum absolute atomic E-state index is 0.000532. The van der Waals surface area contributed by atoms with Crippen molar-refractivity contribution >= 4 is 34.4 Å². The lowest BCUT2D eigenvalue weighted by Crippen LogP contribution is -2.44. The molecule has 170 valence electrons. The van der Waals surface area contributed by atoms with Gasteiger partial charge in [0, 0.05) is 13.2 Å². The van der Waals surface area contributed by atoms with Crippen molar-refractivity contribution < 1.29 is 24.4 Å². The van der Waals surface area contributed by atoms with Gasteiger partial charge < -0.3 is 35.1 Å². The topological polar surface area (TPSA) is 136 Å². The average molecular weight is 453 g/mol. The third-order valence-corrected chi connectivity index (χ3v) is 5.80. The monoisotopic (exact) mass is 452 g/mol. The lowest BCUT2D eigenvalue weighted by Gasteiger charge is -2.27. The summed E-state index contributed by atoms with van der Waals surface area (Å²) in [4.78, 5) is 13.1. The molecule has 2 aromatic heterocycles. The molecular formula is C19H28N6O5S. The van der Waals surface area contributed by atoms with Gasteiger partial charge in [-0.25, -0.2) is 15.0 Å². The zero-order valence-corrected chi connectivity index (χ0v) is 18.3. The molecular weight excluding hydrogens is 424 g/mol. The minimum Gasteiger partial charge on any atom is -0.468 e. The van der Waals surface area contributed by atoms with Crippen molar-refractivity contribution in [3.05, 3.63) is 12.7 Å². The van der Waals surface area contributed by atoms with Crippen molar-refractivity contribution in [1.29, 1.82) is 0 Å². The van der Waals surface area contributed by atoms with Gasteiger partial charge in [0.25, 0.3) is 5.17 Å². The molecule has 2 fully saturated rings. The smallest absolute Gasteiger partial charge is 0.256 e. The number of aliphatic hydroxyl groups excluding tert-OH is 1. The predicted molar refractivity (Wildman–Crippen MR) is 116 cm³/mol. The van der Waals surface area contributed by atoms with E-state index < -0.39 is 24.0 Å². The maximum absolute atomic E-state index is 11.0. The Balaban J connectivity index is 1.52. The van der Waals surface area contributed by atoms with Crippen LogP contribution in [0, 0.1) is 0 Å². The number of hydrogen-bond donors (Lipinski definition) is 4. The van der Waals surface area contributed by atoms with Crippen LogP contribution in [0.15, 0.2) is 12.7 Å². The maximum Gasteiger partial charge on any atom is 0.256 e. The van der Waals surface area contributed by atoms with Gasteiger partial charge in [-0.1, -0.05) is 6.92 Å². The van der Waals surface area contributed by atoms with Gasteiger partial charge in [0.05, 0.1) is 19.0 Å². The van der Waals surface area contributed by atoms with Crippen molar-refractivity contribution in [2.75, 3.05) is 31.7 Å². The van der Waals surface area contributed by atoms with E-state index in [1.807, 2.05) is 6.92 Å². The molecule has 2 saturated heterocycles. The highest BCUT2D eigenvalue weighted by Gasteiger charge is 2.53. The van der Waals surface area contributed by atoms with E-state index in [0.29, 0.717) is 36.7 Å². The van der Waals surface area contributed by atoms with Crippen LogP contribution >= 0.6 is 12.2 Å². The van der Waals surface area contributed by atoms with E-state index >= 15 is 0 Å². The Hall–Kier alpha value is -2.12. The number of imidazole rings is 1. The molecule has 12 heteroatoms. The SMILES string of the molecule is CCCNC(=S)OC[C@H]1O[C@@H](n2cnc3c(N[C@@H]4CCOC4)ncnc32)[C@](C)(O)[C@@H]1O. The van der Waals surface area contributed by atoms with E-state index in [0.717, 1.165) is 12.8 Å². The van der Waals surface area contributed by atoms with Crippen molar-refractivity contribution in [3.8, 4) is 0 Å². The molecule has 0 aliphatic carbocycles. The minimum atomic E-state index is -1.60. The van der Waals surface area contributed by atoms with Gasteiger partial charge in [-0.15, -0.1) is 0 Å². The summed E-state index contributed by atoms with van der Waals surface area (Å²) in [7, 11) is 0. The van der Waals surface area contributed by atoms with Crippen LogP contribution in [-0.4, -0.2) is 85.1 Å². The summed E-state index contributed by atoms with van der Waals surface area (Å²) >= 11 is 5.11. The second-order valence-electron chi connectivity index (χ2n) is 7.97. The fraction of sp³-hybridized carbons (Fsp3) is 0.684. The van der Waals surface area contributed by atoms with Crippen molar-refractivity contribution in [3.63, 3.8) is 0 Å². The Kier molecular flexibility index (Phi) is 6.53. The van der Waals surface area contributed by atoms with E-state index in [-0.39, 0.29) is 17.8 Å². The van der Waals surface area contributed by atoms with E-state index in [4.69, 9.17) is 26.4 Å². The summed E-state index contributed by atoms with van der Waals surface area (Å²) in [6, 6.07) is 0.155. The number of anilines is 1. The lowest BCUT2D eigenvalue weighted by atomic mass is 9.96.